The number of hydrogen-bond donors (Lipinski definition) is 0. The Bertz CT molecular complexity index is 968. The van der Waals surface area contributed by atoms with E-state index >= 15 is 0 Å². The summed E-state index contributed by atoms with van der Waals surface area (Å²) in [5, 5.41) is 12.9. The lowest BCUT2D eigenvalue weighted by Crippen LogP contribution is -2.48. The molecule has 2 fully saturated rings. The van der Waals surface area contributed by atoms with Gasteiger partial charge in [0.25, 0.3) is 0 Å². The van der Waals surface area contributed by atoms with Crippen LogP contribution in [0.5, 0.6) is 0 Å². The fraction of sp³-hybridized carbons (Fsp3) is 0.478. The van der Waals surface area contributed by atoms with Crippen LogP contribution in [0.15, 0.2) is 48.8 Å². The maximum Gasteiger partial charge on any atom is 0.173 e. The molecule has 32 heavy (non-hydrogen) atoms. The van der Waals surface area contributed by atoms with Crippen molar-refractivity contribution < 1.29 is 4.39 Å². The standard InChI is InChI=1S/C23H28FN7.ClH/c24-20-7-5-19(6-8-20)22(23-26-27-28-31(23)21-3-1-2-4-21)30-15-13-29(14-16-30)17-18-9-11-25-12-10-18;/h5-12,21-22H,1-4,13-17H2;1H. The molecule has 1 atom stereocenters. The van der Waals surface area contributed by atoms with E-state index in [1.807, 2.05) is 29.2 Å². The molecule has 0 amide bonds. The van der Waals surface area contributed by atoms with Crippen molar-refractivity contribution in [3.63, 3.8) is 0 Å². The summed E-state index contributed by atoms with van der Waals surface area (Å²) >= 11 is 0. The molecule has 170 valence electrons. The van der Waals surface area contributed by atoms with Gasteiger partial charge in [0, 0.05) is 45.1 Å². The number of nitrogens with zero attached hydrogens (tertiary/aromatic N) is 7. The van der Waals surface area contributed by atoms with Gasteiger partial charge in [0.05, 0.1) is 12.1 Å². The molecule has 3 aromatic rings. The highest BCUT2D eigenvalue weighted by Gasteiger charge is 2.33. The van der Waals surface area contributed by atoms with Crippen LogP contribution in [-0.2, 0) is 6.54 Å². The van der Waals surface area contributed by atoms with Gasteiger partial charge in [-0.25, -0.2) is 9.07 Å². The number of aromatic nitrogens is 5. The SMILES string of the molecule is Cl.Fc1ccc(C(c2nnnn2C2CCCC2)N2CCN(Cc3ccncc3)CC2)cc1. The van der Waals surface area contributed by atoms with Crippen LogP contribution in [-0.4, -0.2) is 61.2 Å². The maximum atomic E-state index is 13.6. The Morgan fingerprint density at radius 1 is 0.938 bits per heavy atom. The molecule has 1 unspecified atom stereocenters. The minimum absolute atomic E-state index is 0. The summed E-state index contributed by atoms with van der Waals surface area (Å²) in [4.78, 5) is 9.01. The van der Waals surface area contributed by atoms with E-state index in [4.69, 9.17) is 0 Å². The zero-order valence-corrected chi connectivity index (χ0v) is 18.9. The number of rotatable bonds is 6. The second-order valence-corrected chi connectivity index (χ2v) is 8.54. The molecule has 2 aliphatic rings. The third-order valence-corrected chi connectivity index (χ3v) is 6.55. The van der Waals surface area contributed by atoms with Crippen LogP contribution in [0.4, 0.5) is 4.39 Å². The van der Waals surface area contributed by atoms with Gasteiger partial charge in [-0.2, -0.15) is 0 Å². The first-order valence-electron chi connectivity index (χ1n) is 11.2. The average molecular weight is 458 g/mol. The first-order valence-corrected chi connectivity index (χ1v) is 11.2. The zero-order valence-electron chi connectivity index (χ0n) is 18.1. The summed E-state index contributed by atoms with van der Waals surface area (Å²) in [7, 11) is 0. The highest BCUT2D eigenvalue weighted by molar-refractivity contribution is 5.85. The number of benzene rings is 1. The summed E-state index contributed by atoms with van der Waals surface area (Å²) < 4.78 is 15.7. The molecule has 1 aromatic carbocycles. The van der Waals surface area contributed by atoms with Gasteiger partial charge >= 0.3 is 0 Å². The zero-order chi connectivity index (χ0) is 21.0. The monoisotopic (exact) mass is 457 g/mol. The predicted octanol–water partition coefficient (Wildman–Crippen LogP) is 3.65. The van der Waals surface area contributed by atoms with Gasteiger partial charge in [-0.15, -0.1) is 17.5 Å². The molecule has 1 saturated heterocycles. The molecule has 0 radical (unpaired) electrons. The summed E-state index contributed by atoms with van der Waals surface area (Å²) in [5.74, 6) is 0.654. The second-order valence-electron chi connectivity index (χ2n) is 8.54. The van der Waals surface area contributed by atoms with E-state index < -0.39 is 0 Å². The van der Waals surface area contributed by atoms with Crippen LogP contribution < -0.4 is 0 Å². The van der Waals surface area contributed by atoms with Crippen molar-refractivity contribution in [3.05, 3.63) is 71.6 Å². The van der Waals surface area contributed by atoms with Crippen LogP contribution in [0.3, 0.4) is 0 Å². The molecule has 1 saturated carbocycles. The Balaban J connectivity index is 0.00000245. The first kappa shape index (κ1) is 22.8. The number of halogens is 2. The highest BCUT2D eigenvalue weighted by atomic mass is 35.5. The van der Waals surface area contributed by atoms with Gasteiger partial charge in [0.2, 0.25) is 0 Å². The third-order valence-electron chi connectivity index (χ3n) is 6.55. The van der Waals surface area contributed by atoms with Crippen molar-refractivity contribution in [2.75, 3.05) is 26.2 Å². The average Bonchev–Trinajstić information content (AvgIpc) is 3.49. The molecule has 7 nitrogen and oxygen atoms in total. The van der Waals surface area contributed by atoms with Gasteiger partial charge in [-0.3, -0.25) is 14.8 Å². The minimum Gasteiger partial charge on any atom is -0.297 e. The van der Waals surface area contributed by atoms with Crippen molar-refractivity contribution in [2.24, 2.45) is 0 Å². The molecule has 1 aliphatic carbocycles. The van der Waals surface area contributed by atoms with Crippen LogP contribution in [0.1, 0.15) is 54.7 Å². The lowest BCUT2D eigenvalue weighted by atomic mass is 10.0. The van der Waals surface area contributed by atoms with Crippen molar-refractivity contribution in [2.45, 2.75) is 44.3 Å². The second kappa shape index (κ2) is 10.5. The van der Waals surface area contributed by atoms with Crippen molar-refractivity contribution in [1.82, 2.24) is 35.0 Å². The Morgan fingerprint density at radius 2 is 1.62 bits per heavy atom. The first-order chi connectivity index (χ1) is 15.3. The predicted molar refractivity (Wildman–Crippen MR) is 122 cm³/mol. The van der Waals surface area contributed by atoms with Gasteiger partial charge in [-0.05, 0) is 58.7 Å². The summed E-state index contributed by atoms with van der Waals surface area (Å²) in [5.41, 5.74) is 2.32. The Kier molecular flexibility index (Phi) is 7.44. The number of hydrogen-bond acceptors (Lipinski definition) is 6. The topological polar surface area (TPSA) is 63.0 Å². The van der Waals surface area contributed by atoms with Crippen LogP contribution >= 0.6 is 12.4 Å². The van der Waals surface area contributed by atoms with Gasteiger partial charge < -0.3 is 0 Å². The molecule has 2 aromatic heterocycles. The number of piperazine rings is 1. The summed E-state index contributed by atoms with van der Waals surface area (Å²) in [6, 6.07) is 11.2. The van der Waals surface area contributed by atoms with E-state index in [-0.39, 0.29) is 24.3 Å². The van der Waals surface area contributed by atoms with E-state index in [0.717, 1.165) is 57.0 Å². The molecule has 9 heteroatoms. The maximum absolute atomic E-state index is 13.6. The van der Waals surface area contributed by atoms with Crippen LogP contribution in [0, 0.1) is 5.82 Å². The van der Waals surface area contributed by atoms with E-state index in [2.05, 4.69) is 42.4 Å². The van der Waals surface area contributed by atoms with E-state index in [1.54, 1.807) is 0 Å². The number of tetrazole rings is 1. The van der Waals surface area contributed by atoms with Crippen molar-refractivity contribution in [1.29, 1.82) is 0 Å². The molecule has 0 N–H and O–H groups in total. The molecular weight excluding hydrogens is 429 g/mol. The third kappa shape index (κ3) is 4.98. The largest absolute Gasteiger partial charge is 0.297 e. The minimum atomic E-state index is -0.222. The van der Waals surface area contributed by atoms with Crippen LogP contribution in [0.25, 0.3) is 0 Å². The summed E-state index contributed by atoms with van der Waals surface area (Å²) in [6.07, 6.45) is 8.37. The molecule has 0 bridgehead atoms. The van der Waals surface area contributed by atoms with Crippen LogP contribution in [0.2, 0.25) is 0 Å². The fourth-order valence-corrected chi connectivity index (χ4v) is 4.88. The van der Waals surface area contributed by atoms with E-state index in [9.17, 15) is 4.39 Å². The smallest absolute Gasteiger partial charge is 0.173 e. The van der Waals surface area contributed by atoms with Gasteiger partial charge in [-0.1, -0.05) is 25.0 Å². The van der Waals surface area contributed by atoms with Crippen molar-refractivity contribution in [3.8, 4) is 0 Å². The Hall–Kier alpha value is -2.42. The Morgan fingerprint density at radius 3 is 2.31 bits per heavy atom. The van der Waals surface area contributed by atoms with E-state index in [1.165, 1.54) is 30.5 Å². The molecule has 0 spiro atoms. The Labute approximate surface area is 194 Å². The highest BCUT2D eigenvalue weighted by Crippen LogP contribution is 2.34. The molecular formula is C23H29ClFN7. The van der Waals surface area contributed by atoms with Crippen molar-refractivity contribution >= 4 is 12.4 Å². The van der Waals surface area contributed by atoms with E-state index in [0.29, 0.717) is 6.04 Å². The quantitative estimate of drug-likeness (QED) is 0.563. The lowest BCUT2D eigenvalue weighted by molar-refractivity contribution is 0.0993. The molecule has 5 rings (SSSR count). The van der Waals surface area contributed by atoms with Gasteiger partial charge in [0.15, 0.2) is 5.82 Å². The fourth-order valence-electron chi connectivity index (χ4n) is 4.88. The summed E-state index contributed by atoms with van der Waals surface area (Å²) in [6.45, 7) is 4.67. The normalized spacial score (nSPS) is 19.0. The number of pyridine rings is 1. The molecule has 3 heterocycles. The lowest BCUT2D eigenvalue weighted by Gasteiger charge is -2.39. The van der Waals surface area contributed by atoms with Gasteiger partial charge in [0.1, 0.15) is 5.82 Å². The molecule has 1 aliphatic heterocycles.